The lowest BCUT2D eigenvalue weighted by molar-refractivity contribution is -0.252. The van der Waals surface area contributed by atoms with Crippen LogP contribution in [0.1, 0.15) is 40.7 Å². The molecule has 1 aromatic rings. The average Bonchev–Trinajstić information content (AvgIpc) is 2.26. The topological polar surface area (TPSA) is 35.5 Å². The Labute approximate surface area is 93.6 Å². The van der Waals surface area contributed by atoms with E-state index in [1.54, 1.807) is 0 Å². The Morgan fingerprint density at radius 3 is 2.81 bits per heavy atom. The van der Waals surface area contributed by atoms with Crippen LogP contribution in [0, 0.1) is 0 Å². The Hall–Kier alpha value is -1.61. The third-order valence-corrected chi connectivity index (χ3v) is 3.14. The van der Waals surface area contributed by atoms with Gasteiger partial charge in [-0.25, -0.2) is 0 Å². The first-order chi connectivity index (χ1) is 7.88. The molecule has 0 spiro atoms. The fraction of sp³-hybridized carbons (Fsp3) is 0.308. The van der Waals surface area contributed by atoms with Crippen molar-refractivity contribution in [1.82, 2.24) is 0 Å². The number of aldehydes is 1. The first-order valence-electron chi connectivity index (χ1n) is 5.48. The van der Waals surface area contributed by atoms with Crippen LogP contribution in [0.25, 0.3) is 5.76 Å². The summed E-state index contributed by atoms with van der Waals surface area (Å²) in [4.78, 5) is 21.1. The van der Waals surface area contributed by atoms with E-state index in [4.69, 9.17) is 9.78 Å². The molecular formula is C13H12O3. The van der Waals surface area contributed by atoms with Crippen molar-refractivity contribution in [1.29, 1.82) is 0 Å². The maximum atomic E-state index is 10.7. The number of fused-ring (bicyclic) bond motifs is 1. The van der Waals surface area contributed by atoms with E-state index in [0.29, 0.717) is 12.2 Å². The van der Waals surface area contributed by atoms with Gasteiger partial charge in [0.2, 0.25) is 0 Å². The van der Waals surface area contributed by atoms with E-state index in [2.05, 4.69) is 0 Å². The maximum absolute atomic E-state index is 10.7. The molecule has 0 N–H and O–H groups in total. The summed E-state index contributed by atoms with van der Waals surface area (Å²) in [7, 11) is 0. The highest BCUT2D eigenvalue weighted by Crippen LogP contribution is 2.37. The molecule has 3 heteroatoms. The number of benzene rings is 1. The molecule has 2 aliphatic rings. The van der Waals surface area contributed by atoms with Crippen molar-refractivity contribution in [3.63, 3.8) is 0 Å². The van der Waals surface area contributed by atoms with Gasteiger partial charge in [0.15, 0.2) is 5.76 Å². The molecular weight excluding hydrogens is 204 g/mol. The smallest absolute Gasteiger partial charge is 0.172 e. The van der Waals surface area contributed by atoms with Gasteiger partial charge in [-0.2, -0.15) is 4.89 Å². The molecule has 0 unspecified atom stereocenters. The molecule has 0 bridgehead atoms. The predicted octanol–water partition coefficient (Wildman–Crippen LogP) is 2.86. The molecule has 3 rings (SSSR count). The molecule has 16 heavy (non-hydrogen) atoms. The van der Waals surface area contributed by atoms with Gasteiger partial charge < -0.3 is 4.89 Å². The summed E-state index contributed by atoms with van der Waals surface area (Å²) in [5.41, 5.74) is 4.11. The number of carbonyl (C=O) groups excluding carboxylic acids is 1. The minimum absolute atomic E-state index is 0.411. The summed E-state index contributed by atoms with van der Waals surface area (Å²) < 4.78 is 0. The molecule has 1 heterocycles. The van der Waals surface area contributed by atoms with E-state index >= 15 is 0 Å². The molecule has 1 aliphatic carbocycles. The van der Waals surface area contributed by atoms with Crippen molar-refractivity contribution in [3.8, 4) is 0 Å². The average molecular weight is 216 g/mol. The highest BCUT2D eigenvalue weighted by atomic mass is 17.2. The normalized spacial score (nSPS) is 18.5. The van der Waals surface area contributed by atoms with Gasteiger partial charge in [0, 0.05) is 11.1 Å². The first kappa shape index (κ1) is 9.60. The van der Waals surface area contributed by atoms with Crippen LogP contribution in [0.3, 0.4) is 0 Å². The van der Waals surface area contributed by atoms with Gasteiger partial charge in [-0.05, 0) is 36.5 Å². The molecule has 1 aliphatic heterocycles. The maximum Gasteiger partial charge on any atom is 0.172 e. The van der Waals surface area contributed by atoms with Crippen molar-refractivity contribution >= 4 is 12.0 Å². The van der Waals surface area contributed by atoms with E-state index in [-0.39, 0.29) is 0 Å². The second-order valence-electron chi connectivity index (χ2n) is 4.17. The van der Waals surface area contributed by atoms with Crippen molar-refractivity contribution < 1.29 is 14.6 Å². The van der Waals surface area contributed by atoms with Gasteiger partial charge >= 0.3 is 0 Å². The first-order valence-corrected chi connectivity index (χ1v) is 5.48. The number of hydrogen-bond donors (Lipinski definition) is 0. The van der Waals surface area contributed by atoms with Crippen molar-refractivity contribution in [2.24, 2.45) is 0 Å². The SMILES string of the molecule is O=Cc1ccc2c(c1)COOC2=C1CCC1. The van der Waals surface area contributed by atoms with Crippen LogP contribution in [0.2, 0.25) is 0 Å². The summed E-state index contributed by atoms with van der Waals surface area (Å²) in [6.07, 6.45) is 4.26. The summed E-state index contributed by atoms with van der Waals surface area (Å²) in [5.74, 6) is 0.866. The highest BCUT2D eigenvalue weighted by molar-refractivity contribution is 5.78. The summed E-state index contributed by atoms with van der Waals surface area (Å²) in [5, 5.41) is 0. The largest absolute Gasteiger partial charge is 0.337 e. The second-order valence-corrected chi connectivity index (χ2v) is 4.17. The molecule has 0 atom stereocenters. The van der Waals surface area contributed by atoms with Crippen LogP contribution >= 0.6 is 0 Å². The molecule has 0 amide bonds. The fourth-order valence-corrected chi connectivity index (χ4v) is 2.05. The lowest BCUT2D eigenvalue weighted by Crippen LogP contribution is -2.12. The molecule has 0 saturated heterocycles. The monoisotopic (exact) mass is 216 g/mol. The van der Waals surface area contributed by atoms with E-state index in [9.17, 15) is 4.79 Å². The van der Waals surface area contributed by atoms with Crippen LogP contribution < -0.4 is 0 Å². The van der Waals surface area contributed by atoms with E-state index in [1.165, 1.54) is 12.0 Å². The highest BCUT2D eigenvalue weighted by Gasteiger charge is 2.24. The van der Waals surface area contributed by atoms with Crippen molar-refractivity contribution in [2.75, 3.05) is 0 Å². The lowest BCUT2D eigenvalue weighted by Gasteiger charge is -2.25. The second kappa shape index (κ2) is 3.76. The molecule has 0 radical (unpaired) electrons. The van der Waals surface area contributed by atoms with Gasteiger partial charge in [-0.3, -0.25) is 4.79 Å². The third-order valence-electron chi connectivity index (χ3n) is 3.14. The zero-order valence-electron chi connectivity index (χ0n) is 8.86. The Kier molecular flexibility index (Phi) is 2.26. The summed E-state index contributed by atoms with van der Waals surface area (Å²) in [6, 6.07) is 5.63. The fourth-order valence-electron chi connectivity index (χ4n) is 2.05. The van der Waals surface area contributed by atoms with Crippen LogP contribution in [0.15, 0.2) is 23.8 Å². The molecule has 3 nitrogen and oxygen atoms in total. The Bertz CT molecular complexity index is 468. The Morgan fingerprint density at radius 2 is 2.12 bits per heavy atom. The molecule has 1 fully saturated rings. The quantitative estimate of drug-likeness (QED) is 0.535. The third kappa shape index (κ3) is 1.44. The summed E-state index contributed by atoms with van der Waals surface area (Å²) >= 11 is 0. The lowest BCUT2D eigenvalue weighted by atomic mass is 9.88. The van der Waals surface area contributed by atoms with Crippen LogP contribution in [0.5, 0.6) is 0 Å². The standard InChI is InChI=1S/C13H12O3/c14-7-9-4-5-12-11(6-9)8-15-16-13(12)10-2-1-3-10/h4-7H,1-3,8H2. The number of hydrogen-bond acceptors (Lipinski definition) is 3. The molecule has 82 valence electrons. The molecule has 1 saturated carbocycles. The van der Waals surface area contributed by atoms with Gasteiger partial charge in [-0.1, -0.05) is 12.1 Å². The Balaban J connectivity index is 2.09. The van der Waals surface area contributed by atoms with Crippen molar-refractivity contribution in [3.05, 3.63) is 40.5 Å². The Morgan fingerprint density at radius 1 is 1.25 bits per heavy atom. The minimum atomic E-state index is 0.411. The van der Waals surface area contributed by atoms with E-state index in [0.717, 1.165) is 36.0 Å². The van der Waals surface area contributed by atoms with Gasteiger partial charge in [0.05, 0.1) is 0 Å². The number of rotatable bonds is 1. The zero-order valence-corrected chi connectivity index (χ0v) is 8.86. The van der Waals surface area contributed by atoms with Gasteiger partial charge in [0.1, 0.15) is 12.9 Å². The van der Waals surface area contributed by atoms with Crippen LogP contribution in [-0.4, -0.2) is 6.29 Å². The van der Waals surface area contributed by atoms with Crippen LogP contribution in [-0.2, 0) is 16.4 Å². The zero-order chi connectivity index (χ0) is 11.0. The van der Waals surface area contributed by atoms with Crippen LogP contribution in [0.4, 0.5) is 0 Å². The van der Waals surface area contributed by atoms with Gasteiger partial charge in [0.25, 0.3) is 0 Å². The van der Waals surface area contributed by atoms with Gasteiger partial charge in [-0.15, -0.1) is 0 Å². The number of allylic oxidation sites excluding steroid dienone is 1. The van der Waals surface area contributed by atoms with E-state index < -0.39 is 0 Å². The predicted molar refractivity (Wildman–Crippen MR) is 58.5 cm³/mol. The molecule has 0 aromatic heterocycles. The molecule has 1 aromatic carbocycles. The van der Waals surface area contributed by atoms with Crippen molar-refractivity contribution in [2.45, 2.75) is 25.9 Å². The minimum Gasteiger partial charge on any atom is -0.337 e. The number of carbonyl (C=O) groups is 1. The summed E-state index contributed by atoms with van der Waals surface area (Å²) in [6.45, 7) is 0.411. The van der Waals surface area contributed by atoms with E-state index in [1.807, 2.05) is 18.2 Å².